The summed E-state index contributed by atoms with van der Waals surface area (Å²) >= 11 is 0. The zero-order chi connectivity index (χ0) is 8.69. The Morgan fingerprint density at radius 3 is 1.83 bits per heavy atom. The molecule has 1 aromatic rings. The first-order chi connectivity index (χ1) is 5.30. The van der Waals surface area contributed by atoms with Crippen LogP contribution in [0, 0.1) is 0 Å². The number of hydrogen-bond donors (Lipinski definition) is 0. The van der Waals surface area contributed by atoms with Gasteiger partial charge in [-0.2, -0.15) is 0 Å². The van der Waals surface area contributed by atoms with Gasteiger partial charge >= 0.3 is 0 Å². The van der Waals surface area contributed by atoms with E-state index in [1.165, 1.54) is 12.1 Å². The molecule has 0 amide bonds. The number of carbonyl (C=O) groups is 1. The second kappa shape index (κ2) is 8.89. The van der Waals surface area contributed by atoms with Crippen molar-refractivity contribution < 1.29 is 42.6 Å². The zero-order valence-corrected chi connectivity index (χ0v) is 10.1. The quantitative estimate of drug-likeness (QED) is 0.736. The molecule has 12 heavy (non-hydrogen) atoms. The monoisotopic (exact) mass is 240 g/mol. The van der Waals surface area contributed by atoms with Gasteiger partial charge in [0.15, 0.2) is 0 Å². The molecule has 1 radical (unpaired) electrons. The molecule has 0 aliphatic heterocycles. The second-order valence-electron chi connectivity index (χ2n) is 1.65. The summed E-state index contributed by atoms with van der Waals surface area (Å²) in [6.07, 6.45) is 0. The summed E-state index contributed by atoms with van der Waals surface area (Å²) in [4.78, 5) is 10.1. The van der Waals surface area contributed by atoms with E-state index in [0.29, 0.717) is 0 Å². The van der Waals surface area contributed by atoms with Crippen LogP contribution in [0.3, 0.4) is 0 Å². The number of aromatic carboxylic acids is 1. The molecule has 0 aliphatic carbocycles. The van der Waals surface area contributed by atoms with Crippen LogP contribution in [0.1, 0.15) is 24.2 Å². The molecule has 1 aromatic carbocycles. The maximum Gasteiger partial charge on any atom is 0.0715 e. The number of rotatable bonds is 1. The van der Waals surface area contributed by atoms with Gasteiger partial charge in [-0.3, -0.25) is 0 Å². The number of benzene rings is 1. The molecule has 0 aliphatic rings. The van der Waals surface area contributed by atoms with Crippen molar-refractivity contribution in [2.45, 2.75) is 13.8 Å². The topological polar surface area (TPSA) is 40.1 Å². The van der Waals surface area contributed by atoms with E-state index in [1.807, 2.05) is 13.8 Å². The van der Waals surface area contributed by atoms with Gasteiger partial charge in [-0.05, 0) is 5.56 Å². The van der Waals surface area contributed by atoms with Gasteiger partial charge in [0.1, 0.15) is 0 Å². The number of carboxylic acid groups (broad SMARTS) is 1. The van der Waals surface area contributed by atoms with Gasteiger partial charge < -0.3 is 9.90 Å². The predicted molar refractivity (Wildman–Crippen MR) is 42.1 cm³/mol. The third kappa shape index (κ3) is 5.45. The standard InChI is InChI=1S/C7H6O2.C2H6.Y/c8-7(9)6-4-2-1-3-5-6;1-2;/h1-5H,(H,8,9);1-2H3;/p-1. The molecule has 63 valence electrons. The summed E-state index contributed by atoms with van der Waals surface area (Å²) in [5.74, 6) is -1.13. The Morgan fingerprint density at radius 2 is 1.58 bits per heavy atom. The van der Waals surface area contributed by atoms with Gasteiger partial charge in [0.2, 0.25) is 0 Å². The van der Waals surface area contributed by atoms with Crippen molar-refractivity contribution in [1.29, 1.82) is 0 Å². The molecule has 0 fully saturated rings. The van der Waals surface area contributed by atoms with Crippen molar-refractivity contribution in [1.82, 2.24) is 0 Å². The molecule has 0 heterocycles. The third-order valence-electron chi connectivity index (χ3n) is 1.01. The van der Waals surface area contributed by atoms with Crippen LogP contribution in [-0.2, 0) is 32.7 Å². The maximum absolute atomic E-state index is 10.1. The van der Waals surface area contributed by atoms with Crippen molar-refractivity contribution in [3.05, 3.63) is 35.9 Å². The van der Waals surface area contributed by atoms with Crippen LogP contribution in [-0.4, -0.2) is 5.97 Å². The Morgan fingerprint density at radius 1 is 1.17 bits per heavy atom. The van der Waals surface area contributed by atoms with E-state index in [1.54, 1.807) is 18.2 Å². The average molecular weight is 240 g/mol. The van der Waals surface area contributed by atoms with Crippen LogP contribution in [0.2, 0.25) is 0 Å². The van der Waals surface area contributed by atoms with Gasteiger partial charge in [-0.1, -0.05) is 44.2 Å². The summed E-state index contributed by atoms with van der Waals surface area (Å²) in [5, 5.41) is 10.1. The minimum atomic E-state index is -1.13. The third-order valence-corrected chi connectivity index (χ3v) is 1.01. The molecule has 0 atom stereocenters. The van der Waals surface area contributed by atoms with E-state index in [2.05, 4.69) is 0 Å². The van der Waals surface area contributed by atoms with Crippen LogP contribution in [0.5, 0.6) is 0 Å². The molecule has 0 N–H and O–H groups in total. The minimum Gasteiger partial charge on any atom is -0.545 e. The molecular formula is C9H11O2Y-. The largest absolute Gasteiger partial charge is 0.545 e. The Labute approximate surface area is 97.9 Å². The maximum atomic E-state index is 10.1. The number of hydrogen-bond acceptors (Lipinski definition) is 2. The van der Waals surface area contributed by atoms with Gasteiger partial charge in [-0.15, -0.1) is 0 Å². The molecule has 0 aromatic heterocycles. The molecular weight excluding hydrogens is 229 g/mol. The SMILES string of the molecule is CC.O=C([O-])c1ccccc1.[Y]. The zero-order valence-electron chi connectivity index (χ0n) is 7.28. The fourth-order valence-corrected chi connectivity index (χ4v) is 0.574. The Balaban J connectivity index is 0. The molecule has 0 saturated carbocycles. The van der Waals surface area contributed by atoms with E-state index in [0.717, 1.165) is 0 Å². The van der Waals surface area contributed by atoms with Gasteiger partial charge in [0.25, 0.3) is 0 Å². The molecule has 0 saturated heterocycles. The second-order valence-corrected chi connectivity index (χ2v) is 1.65. The van der Waals surface area contributed by atoms with Crippen LogP contribution >= 0.6 is 0 Å². The molecule has 2 nitrogen and oxygen atoms in total. The molecule has 3 heteroatoms. The Hall–Kier alpha value is -0.206. The number of carbonyl (C=O) groups excluding carboxylic acids is 1. The minimum absolute atomic E-state index is 0. The van der Waals surface area contributed by atoms with E-state index in [-0.39, 0.29) is 38.3 Å². The van der Waals surface area contributed by atoms with Crippen molar-refractivity contribution in [2.24, 2.45) is 0 Å². The first kappa shape index (κ1) is 14.3. The van der Waals surface area contributed by atoms with E-state index in [4.69, 9.17) is 0 Å². The molecule has 0 unspecified atom stereocenters. The summed E-state index contributed by atoms with van der Waals surface area (Å²) in [7, 11) is 0. The van der Waals surface area contributed by atoms with Crippen LogP contribution in [0.25, 0.3) is 0 Å². The first-order valence-corrected chi connectivity index (χ1v) is 3.57. The predicted octanol–water partition coefficient (Wildman–Crippen LogP) is 1.07. The van der Waals surface area contributed by atoms with E-state index >= 15 is 0 Å². The molecule has 0 spiro atoms. The summed E-state index contributed by atoms with van der Waals surface area (Å²) < 4.78 is 0. The fourth-order valence-electron chi connectivity index (χ4n) is 0.574. The van der Waals surface area contributed by atoms with Crippen molar-refractivity contribution in [3.8, 4) is 0 Å². The van der Waals surface area contributed by atoms with Gasteiger partial charge in [0.05, 0.1) is 5.97 Å². The smallest absolute Gasteiger partial charge is 0.0715 e. The van der Waals surface area contributed by atoms with E-state index in [9.17, 15) is 9.90 Å². The summed E-state index contributed by atoms with van der Waals surface area (Å²) in [6.45, 7) is 4.00. The number of carboxylic acids is 1. The van der Waals surface area contributed by atoms with Crippen molar-refractivity contribution >= 4 is 5.97 Å². The fraction of sp³-hybridized carbons (Fsp3) is 0.222. The average Bonchev–Trinajstić information content (AvgIpc) is 2.10. The van der Waals surface area contributed by atoms with Crippen molar-refractivity contribution in [2.75, 3.05) is 0 Å². The Kier molecular flexibility index (Phi) is 10.6. The van der Waals surface area contributed by atoms with Crippen LogP contribution in [0.15, 0.2) is 30.3 Å². The first-order valence-electron chi connectivity index (χ1n) is 3.57. The normalized spacial score (nSPS) is 7.17. The Bertz CT molecular complexity index is 209. The van der Waals surface area contributed by atoms with E-state index < -0.39 is 5.97 Å². The molecule has 0 bridgehead atoms. The van der Waals surface area contributed by atoms with Crippen molar-refractivity contribution in [3.63, 3.8) is 0 Å². The van der Waals surface area contributed by atoms with Gasteiger partial charge in [0, 0.05) is 32.7 Å². The van der Waals surface area contributed by atoms with Gasteiger partial charge in [-0.25, -0.2) is 0 Å². The van der Waals surface area contributed by atoms with Crippen LogP contribution < -0.4 is 5.11 Å². The molecule has 1 rings (SSSR count). The summed E-state index contributed by atoms with van der Waals surface area (Å²) in [5.41, 5.74) is 0.220. The summed E-state index contributed by atoms with van der Waals surface area (Å²) in [6, 6.07) is 8.06. The van der Waals surface area contributed by atoms with Crippen LogP contribution in [0.4, 0.5) is 0 Å².